The van der Waals surface area contributed by atoms with E-state index in [1.54, 1.807) is 24.3 Å². The lowest BCUT2D eigenvalue weighted by molar-refractivity contribution is 0.201. The normalized spacial score (nSPS) is 12.2. The van der Waals surface area contributed by atoms with Crippen LogP contribution < -0.4 is 4.74 Å². The fraction of sp³-hybridized carbons (Fsp3) is 0.200. The Labute approximate surface area is 110 Å². The number of halogens is 2. The minimum Gasteiger partial charge on any atom is -0.490 e. The average molecular weight is 264 g/mol. The fourth-order valence-corrected chi connectivity index (χ4v) is 1.74. The van der Waals surface area contributed by atoms with Crippen molar-refractivity contribution in [2.45, 2.75) is 5.92 Å². The summed E-state index contributed by atoms with van der Waals surface area (Å²) < 4.78 is 31.5. The van der Waals surface area contributed by atoms with Gasteiger partial charge < -0.3 is 9.84 Å². The molecular weight excluding hydrogens is 250 g/mol. The van der Waals surface area contributed by atoms with E-state index in [-0.39, 0.29) is 30.7 Å². The highest BCUT2D eigenvalue weighted by molar-refractivity contribution is 5.25. The highest BCUT2D eigenvalue weighted by Gasteiger charge is 2.12. The number of aliphatic hydroxyl groups is 1. The first-order valence-electron chi connectivity index (χ1n) is 5.94. The quantitative estimate of drug-likeness (QED) is 0.899. The van der Waals surface area contributed by atoms with Crippen LogP contribution in [0.3, 0.4) is 0 Å². The number of hydrogen-bond acceptors (Lipinski definition) is 2. The lowest BCUT2D eigenvalue weighted by atomic mass is 10.0. The van der Waals surface area contributed by atoms with Gasteiger partial charge in [0.05, 0.1) is 13.2 Å². The molecule has 2 rings (SSSR count). The van der Waals surface area contributed by atoms with Gasteiger partial charge in [0.15, 0.2) is 11.6 Å². The van der Waals surface area contributed by atoms with Crippen LogP contribution in [0.15, 0.2) is 48.5 Å². The van der Waals surface area contributed by atoms with E-state index >= 15 is 0 Å². The number of aliphatic hydroxyl groups excluding tert-OH is 1. The first-order valence-corrected chi connectivity index (χ1v) is 5.94. The van der Waals surface area contributed by atoms with Gasteiger partial charge in [-0.05, 0) is 29.8 Å². The second-order valence-corrected chi connectivity index (χ2v) is 4.17. The highest BCUT2D eigenvalue weighted by atomic mass is 19.1. The van der Waals surface area contributed by atoms with E-state index in [1.807, 2.05) is 0 Å². The third-order valence-electron chi connectivity index (χ3n) is 2.84. The van der Waals surface area contributed by atoms with Crippen molar-refractivity contribution >= 4 is 0 Å². The second kappa shape index (κ2) is 6.29. The zero-order valence-corrected chi connectivity index (χ0v) is 10.2. The average Bonchev–Trinajstić information content (AvgIpc) is 2.43. The molecule has 0 fully saturated rings. The van der Waals surface area contributed by atoms with Crippen LogP contribution in [0, 0.1) is 11.6 Å². The van der Waals surface area contributed by atoms with E-state index < -0.39 is 5.82 Å². The Kier molecular flexibility index (Phi) is 4.47. The molecule has 1 N–H and O–H groups in total. The van der Waals surface area contributed by atoms with Crippen LogP contribution in [0.25, 0.3) is 0 Å². The molecule has 4 heteroatoms. The molecule has 0 bridgehead atoms. The van der Waals surface area contributed by atoms with Gasteiger partial charge in [-0.1, -0.05) is 24.3 Å². The van der Waals surface area contributed by atoms with Crippen molar-refractivity contribution in [2.24, 2.45) is 0 Å². The van der Waals surface area contributed by atoms with Gasteiger partial charge in [-0.2, -0.15) is 0 Å². The molecule has 0 heterocycles. The molecule has 2 aromatic rings. The van der Waals surface area contributed by atoms with Gasteiger partial charge >= 0.3 is 0 Å². The molecule has 1 atom stereocenters. The Morgan fingerprint density at radius 1 is 1.00 bits per heavy atom. The molecule has 0 aliphatic carbocycles. The number of ether oxygens (including phenoxy) is 1. The van der Waals surface area contributed by atoms with Gasteiger partial charge in [0.1, 0.15) is 5.82 Å². The molecule has 1 unspecified atom stereocenters. The number of para-hydroxylation sites is 1. The molecule has 0 aliphatic rings. The maximum Gasteiger partial charge on any atom is 0.165 e. The second-order valence-electron chi connectivity index (χ2n) is 4.17. The first-order chi connectivity index (χ1) is 9.20. The Balaban J connectivity index is 2.04. The van der Waals surface area contributed by atoms with Crippen LogP contribution in [0.5, 0.6) is 5.75 Å². The maximum atomic E-state index is 13.4. The SMILES string of the molecule is OCC(COc1ccccc1F)c1ccc(F)cc1. The molecule has 0 spiro atoms. The van der Waals surface area contributed by atoms with Gasteiger partial charge in [-0.25, -0.2) is 8.78 Å². The predicted molar refractivity (Wildman–Crippen MR) is 68.1 cm³/mol. The molecule has 0 aromatic heterocycles. The maximum absolute atomic E-state index is 13.4. The Morgan fingerprint density at radius 2 is 1.68 bits per heavy atom. The van der Waals surface area contributed by atoms with Crippen LogP contribution >= 0.6 is 0 Å². The summed E-state index contributed by atoms with van der Waals surface area (Å²) in [5.41, 5.74) is 0.750. The highest BCUT2D eigenvalue weighted by Crippen LogP contribution is 2.20. The summed E-state index contributed by atoms with van der Waals surface area (Å²) in [6.07, 6.45) is 0. The van der Waals surface area contributed by atoms with Crippen molar-refractivity contribution in [2.75, 3.05) is 13.2 Å². The fourth-order valence-electron chi connectivity index (χ4n) is 1.74. The molecule has 0 amide bonds. The number of rotatable bonds is 5. The van der Waals surface area contributed by atoms with Crippen molar-refractivity contribution < 1.29 is 18.6 Å². The topological polar surface area (TPSA) is 29.5 Å². The summed E-state index contributed by atoms with van der Waals surface area (Å²) in [6.45, 7) is -0.0247. The van der Waals surface area contributed by atoms with Crippen molar-refractivity contribution in [3.63, 3.8) is 0 Å². The summed E-state index contributed by atoms with van der Waals surface area (Å²) >= 11 is 0. The molecule has 2 nitrogen and oxygen atoms in total. The Hall–Kier alpha value is -1.94. The minimum absolute atomic E-state index is 0.128. The molecule has 100 valence electrons. The van der Waals surface area contributed by atoms with Gasteiger partial charge in [-0.3, -0.25) is 0 Å². The van der Waals surface area contributed by atoms with Gasteiger partial charge in [0.2, 0.25) is 0 Å². The zero-order chi connectivity index (χ0) is 13.7. The van der Waals surface area contributed by atoms with E-state index in [4.69, 9.17) is 4.74 Å². The summed E-state index contributed by atoms with van der Waals surface area (Å²) in [5, 5.41) is 9.33. The van der Waals surface area contributed by atoms with Crippen molar-refractivity contribution in [3.05, 3.63) is 65.7 Å². The first kappa shape index (κ1) is 13.5. The van der Waals surface area contributed by atoms with E-state index in [0.717, 1.165) is 5.56 Å². The number of benzene rings is 2. The minimum atomic E-state index is -0.446. The molecule has 2 aromatic carbocycles. The van der Waals surface area contributed by atoms with E-state index in [1.165, 1.54) is 24.3 Å². The lowest BCUT2D eigenvalue weighted by Crippen LogP contribution is -2.14. The molecule has 0 aliphatic heterocycles. The van der Waals surface area contributed by atoms with Crippen LogP contribution in [0.1, 0.15) is 11.5 Å². The Bertz CT molecular complexity index is 526. The van der Waals surface area contributed by atoms with E-state index in [9.17, 15) is 13.9 Å². The monoisotopic (exact) mass is 264 g/mol. The molecule has 0 radical (unpaired) electrons. The third-order valence-corrected chi connectivity index (χ3v) is 2.84. The predicted octanol–water partition coefficient (Wildman–Crippen LogP) is 3.12. The number of hydrogen-bond donors (Lipinski definition) is 1. The van der Waals surface area contributed by atoms with Gasteiger partial charge in [0, 0.05) is 5.92 Å². The summed E-state index contributed by atoms with van der Waals surface area (Å²) in [6, 6.07) is 11.9. The van der Waals surface area contributed by atoms with Gasteiger partial charge in [0.25, 0.3) is 0 Å². The molecule has 0 saturated heterocycles. The van der Waals surface area contributed by atoms with Crippen molar-refractivity contribution in [1.82, 2.24) is 0 Å². The summed E-state index contributed by atoms with van der Waals surface area (Å²) in [7, 11) is 0. The smallest absolute Gasteiger partial charge is 0.165 e. The molecule has 0 saturated carbocycles. The Morgan fingerprint density at radius 3 is 2.32 bits per heavy atom. The standard InChI is InChI=1S/C15H14F2O2/c16-13-7-5-11(6-8-13)12(9-18)10-19-15-4-2-1-3-14(15)17/h1-8,12,18H,9-10H2. The van der Waals surface area contributed by atoms with Crippen molar-refractivity contribution in [3.8, 4) is 5.75 Å². The van der Waals surface area contributed by atoms with Crippen molar-refractivity contribution in [1.29, 1.82) is 0 Å². The summed E-state index contributed by atoms with van der Waals surface area (Å²) in [5.74, 6) is -0.961. The van der Waals surface area contributed by atoms with Gasteiger partial charge in [-0.15, -0.1) is 0 Å². The molecular formula is C15H14F2O2. The van der Waals surface area contributed by atoms with Crippen LogP contribution in [-0.2, 0) is 0 Å². The largest absolute Gasteiger partial charge is 0.490 e. The van der Waals surface area contributed by atoms with Crippen LogP contribution in [0.4, 0.5) is 8.78 Å². The zero-order valence-electron chi connectivity index (χ0n) is 10.2. The molecule has 19 heavy (non-hydrogen) atoms. The van der Waals surface area contributed by atoms with E-state index in [0.29, 0.717) is 0 Å². The van der Waals surface area contributed by atoms with Crippen LogP contribution in [-0.4, -0.2) is 18.3 Å². The lowest BCUT2D eigenvalue weighted by Gasteiger charge is -2.16. The third kappa shape index (κ3) is 3.51. The van der Waals surface area contributed by atoms with E-state index in [2.05, 4.69) is 0 Å². The van der Waals surface area contributed by atoms with Crippen LogP contribution in [0.2, 0.25) is 0 Å². The summed E-state index contributed by atoms with van der Waals surface area (Å²) in [4.78, 5) is 0.